The molecule has 0 spiro atoms. The van der Waals surface area contributed by atoms with E-state index in [1.54, 1.807) is 0 Å². The van der Waals surface area contributed by atoms with E-state index in [-0.39, 0.29) is 0 Å². The molecule has 2 aliphatic heterocycles. The van der Waals surface area contributed by atoms with Gasteiger partial charge in [0.25, 0.3) is 0 Å². The van der Waals surface area contributed by atoms with Gasteiger partial charge in [0.2, 0.25) is 0 Å². The van der Waals surface area contributed by atoms with Gasteiger partial charge in [0, 0.05) is 24.7 Å². The Hall–Kier alpha value is -0.0800. The number of rotatable bonds is 0. The summed E-state index contributed by atoms with van der Waals surface area (Å²) in [6.07, 6.45) is 2.83. The monoisotopic (exact) mass is 168 g/mol. The van der Waals surface area contributed by atoms with Gasteiger partial charge < -0.3 is 0 Å². The summed E-state index contributed by atoms with van der Waals surface area (Å²) in [5.41, 5.74) is 0. The quantitative estimate of drug-likeness (QED) is 0.536. The molecular weight excluding hydrogens is 148 g/mol. The van der Waals surface area contributed by atoms with Crippen LogP contribution in [-0.2, 0) is 0 Å². The predicted octanol–water partition coefficient (Wildman–Crippen LogP) is 1.17. The first kappa shape index (κ1) is 8.52. The Balaban J connectivity index is 2.10. The van der Waals surface area contributed by atoms with E-state index in [2.05, 4.69) is 30.7 Å². The van der Waals surface area contributed by atoms with E-state index in [0.717, 1.165) is 18.1 Å². The molecule has 0 aromatic heterocycles. The van der Waals surface area contributed by atoms with Gasteiger partial charge in [0.05, 0.1) is 0 Å². The molecule has 70 valence electrons. The molecule has 2 aliphatic rings. The van der Waals surface area contributed by atoms with Crippen LogP contribution in [-0.4, -0.2) is 48.1 Å². The van der Waals surface area contributed by atoms with Crippen LogP contribution in [0.5, 0.6) is 0 Å². The second kappa shape index (κ2) is 3.00. The normalized spacial score (nSPS) is 44.8. The van der Waals surface area contributed by atoms with E-state index in [1.807, 2.05) is 0 Å². The summed E-state index contributed by atoms with van der Waals surface area (Å²) in [4.78, 5) is 5.21. The van der Waals surface area contributed by atoms with Crippen molar-refractivity contribution in [2.24, 2.45) is 0 Å². The fourth-order valence-electron chi connectivity index (χ4n) is 2.77. The van der Waals surface area contributed by atoms with Crippen LogP contribution in [0.15, 0.2) is 0 Å². The van der Waals surface area contributed by atoms with Gasteiger partial charge in [-0.2, -0.15) is 0 Å². The average molecular weight is 168 g/mol. The number of likely N-dealkylation sites (N-methyl/N-ethyl adjacent to an activating group) is 1. The Labute approximate surface area is 75.5 Å². The Morgan fingerprint density at radius 3 is 2.75 bits per heavy atom. The van der Waals surface area contributed by atoms with Gasteiger partial charge >= 0.3 is 0 Å². The topological polar surface area (TPSA) is 6.48 Å². The summed E-state index contributed by atoms with van der Waals surface area (Å²) in [6, 6.07) is 2.36. The molecule has 2 fully saturated rings. The molecule has 0 radical (unpaired) electrons. The lowest BCUT2D eigenvalue weighted by Crippen LogP contribution is -2.58. The van der Waals surface area contributed by atoms with Crippen LogP contribution in [0.1, 0.15) is 26.7 Å². The van der Waals surface area contributed by atoms with Crippen LogP contribution in [0.25, 0.3) is 0 Å². The third-order valence-corrected chi connectivity index (χ3v) is 3.81. The molecule has 3 unspecified atom stereocenters. The van der Waals surface area contributed by atoms with Crippen molar-refractivity contribution in [3.05, 3.63) is 0 Å². The van der Waals surface area contributed by atoms with Crippen molar-refractivity contribution >= 4 is 0 Å². The largest absolute Gasteiger partial charge is 0.298 e. The van der Waals surface area contributed by atoms with Gasteiger partial charge in [0.15, 0.2) is 0 Å². The Kier molecular flexibility index (Phi) is 2.13. The molecule has 2 heterocycles. The predicted molar refractivity (Wildman–Crippen MR) is 51.3 cm³/mol. The number of hydrogen-bond acceptors (Lipinski definition) is 2. The van der Waals surface area contributed by atoms with Gasteiger partial charge in [0.1, 0.15) is 0 Å². The minimum atomic E-state index is 0.745. The molecule has 12 heavy (non-hydrogen) atoms. The highest BCUT2D eigenvalue weighted by Crippen LogP contribution is 2.28. The molecule has 2 nitrogen and oxygen atoms in total. The molecule has 2 rings (SSSR count). The highest BCUT2D eigenvalue weighted by Gasteiger charge is 2.37. The molecule has 0 aromatic carbocycles. The number of hydrogen-bond donors (Lipinski definition) is 0. The first-order chi connectivity index (χ1) is 5.70. The second-order valence-electron chi connectivity index (χ2n) is 4.46. The fourth-order valence-corrected chi connectivity index (χ4v) is 2.77. The molecule has 2 heteroatoms. The van der Waals surface area contributed by atoms with E-state index in [9.17, 15) is 0 Å². The molecule has 0 aromatic rings. The van der Waals surface area contributed by atoms with E-state index in [0.29, 0.717) is 0 Å². The summed E-state index contributed by atoms with van der Waals surface area (Å²) in [7, 11) is 2.27. The van der Waals surface area contributed by atoms with Crippen LogP contribution < -0.4 is 0 Å². The Morgan fingerprint density at radius 1 is 1.25 bits per heavy atom. The van der Waals surface area contributed by atoms with E-state index in [1.165, 1.54) is 25.9 Å². The zero-order valence-electron chi connectivity index (χ0n) is 8.45. The summed E-state index contributed by atoms with van der Waals surface area (Å²) in [5.74, 6) is 0. The van der Waals surface area contributed by atoms with Crippen molar-refractivity contribution in [3.63, 3.8) is 0 Å². The number of nitrogens with zero attached hydrogens (tertiary/aromatic N) is 2. The van der Waals surface area contributed by atoms with Crippen molar-refractivity contribution < 1.29 is 0 Å². The molecule has 2 saturated heterocycles. The van der Waals surface area contributed by atoms with Crippen molar-refractivity contribution in [1.82, 2.24) is 9.80 Å². The van der Waals surface area contributed by atoms with Gasteiger partial charge in [-0.05, 0) is 40.3 Å². The molecule has 0 amide bonds. The molecule has 0 N–H and O–H groups in total. The van der Waals surface area contributed by atoms with Crippen molar-refractivity contribution in [2.45, 2.75) is 44.8 Å². The number of fused-ring (bicyclic) bond motifs is 1. The Morgan fingerprint density at radius 2 is 2.00 bits per heavy atom. The minimum absolute atomic E-state index is 0.745. The van der Waals surface area contributed by atoms with Crippen LogP contribution in [0.4, 0.5) is 0 Å². The summed E-state index contributed by atoms with van der Waals surface area (Å²) in [5, 5.41) is 0. The minimum Gasteiger partial charge on any atom is -0.298 e. The Bertz CT molecular complexity index is 169. The summed E-state index contributed by atoms with van der Waals surface area (Å²) < 4.78 is 0. The van der Waals surface area contributed by atoms with Crippen LogP contribution >= 0.6 is 0 Å². The molecule has 0 bridgehead atoms. The number of piperazine rings is 1. The molecule has 3 atom stereocenters. The third kappa shape index (κ3) is 1.17. The lowest BCUT2D eigenvalue weighted by molar-refractivity contribution is 0.0313. The standard InChI is InChI=1S/C10H20N2/c1-8-7-12-6-4-5-10(12)9(2)11(8)3/h8-10H,4-7H2,1-3H3. The van der Waals surface area contributed by atoms with Gasteiger partial charge in [-0.1, -0.05) is 0 Å². The maximum Gasteiger partial charge on any atom is 0.0250 e. The maximum absolute atomic E-state index is 2.68. The highest BCUT2D eigenvalue weighted by molar-refractivity contribution is 4.94. The first-order valence-corrected chi connectivity index (χ1v) is 5.16. The lowest BCUT2D eigenvalue weighted by atomic mass is 10.0. The van der Waals surface area contributed by atoms with Crippen molar-refractivity contribution in [3.8, 4) is 0 Å². The zero-order valence-corrected chi connectivity index (χ0v) is 8.45. The summed E-state index contributed by atoms with van der Waals surface area (Å²) >= 11 is 0. The molecule has 0 saturated carbocycles. The SMILES string of the molecule is CC1CN2CCCC2C(C)N1C. The van der Waals surface area contributed by atoms with Crippen LogP contribution in [0, 0.1) is 0 Å². The van der Waals surface area contributed by atoms with Crippen LogP contribution in [0.2, 0.25) is 0 Å². The van der Waals surface area contributed by atoms with Gasteiger partial charge in [-0.3, -0.25) is 9.80 Å². The van der Waals surface area contributed by atoms with Crippen LogP contribution in [0.3, 0.4) is 0 Å². The molecular formula is C10H20N2. The third-order valence-electron chi connectivity index (χ3n) is 3.81. The zero-order chi connectivity index (χ0) is 8.72. The van der Waals surface area contributed by atoms with Crippen molar-refractivity contribution in [2.75, 3.05) is 20.1 Å². The lowest BCUT2D eigenvalue weighted by Gasteiger charge is -2.45. The van der Waals surface area contributed by atoms with E-state index >= 15 is 0 Å². The first-order valence-electron chi connectivity index (χ1n) is 5.16. The average Bonchev–Trinajstić information content (AvgIpc) is 2.48. The smallest absolute Gasteiger partial charge is 0.0250 e. The maximum atomic E-state index is 2.68. The van der Waals surface area contributed by atoms with Crippen molar-refractivity contribution in [1.29, 1.82) is 0 Å². The second-order valence-corrected chi connectivity index (χ2v) is 4.46. The van der Waals surface area contributed by atoms with E-state index < -0.39 is 0 Å². The highest BCUT2D eigenvalue weighted by atomic mass is 15.3. The fraction of sp³-hybridized carbons (Fsp3) is 1.00. The van der Waals surface area contributed by atoms with E-state index in [4.69, 9.17) is 0 Å². The van der Waals surface area contributed by atoms with Gasteiger partial charge in [-0.25, -0.2) is 0 Å². The molecule has 0 aliphatic carbocycles. The summed E-state index contributed by atoms with van der Waals surface area (Å²) in [6.45, 7) is 7.34. The van der Waals surface area contributed by atoms with Gasteiger partial charge in [-0.15, -0.1) is 0 Å².